The number of hydrogen-bond donors (Lipinski definition) is 2. The number of carbonyl (C=O) groups excluding carboxylic acids is 1. The molecule has 2 aromatic heterocycles. The standard InChI is InChI=1S/C23H23F6N5O/c1-12-7-17-18(31-11-30-17)10-16(12)21(35)32-13-3-5-14(6-4-13)34(2)15-8-19(22(24,25)26)33-20(9-15)23(27,28)29/h7-11,13-14H,3-6H2,1-2H3,(H,30,31)(H,32,35). The van der Waals surface area contributed by atoms with Crippen molar-refractivity contribution in [3.05, 3.63) is 53.1 Å². The molecule has 35 heavy (non-hydrogen) atoms. The summed E-state index contributed by atoms with van der Waals surface area (Å²) < 4.78 is 78.9. The number of imidazole rings is 1. The maximum absolute atomic E-state index is 13.2. The summed E-state index contributed by atoms with van der Waals surface area (Å²) in [7, 11) is 1.47. The van der Waals surface area contributed by atoms with Gasteiger partial charge in [0.1, 0.15) is 11.4 Å². The number of aromatic amines is 1. The van der Waals surface area contributed by atoms with E-state index in [2.05, 4.69) is 20.3 Å². The molecule has 6 nitrogen and oxygen atoms in total. The Labute approximate surface area is 196 Å². The highest BCUT2D eigenvalue weighted by Crippen LogP contribution is 2.37. The number of rotatable bonds is 4. The first-order valence-corrected chi connectivity index (χ1v) is 11.0. The number of halogens is 6. The van der Waals surface area contributed by atoms with Crippen LogP contribution in [0.5, 0.6) is 0 Å². The first-order valence-electron chi connectivity index (χ1n) is 11.0. The van der Waals surface area contributed by atoms with Gasteiger partial charge >= 0.3 is 12.4 Å². The van der Waals surface area contributed by atoms with Crippen LogP contribution in [0.3, 0.4) is 0 Å². The predicted molar refractivity (Wildman–Crippen MR) is 117 cm³/mol. The Bertz CT molecular complexity index is 1200. The summed E-state index contributed by atoms with van der Waals surface area (Å²) in [4.78, 5) is 24.2. The Kier molecular flexibility index (Phi) is 6.41. The Morgan fingerprint density at radius 3 is 2.17 bits per heavy atom. The SMILES string of the molecule is Cc1cc2[nH]cnc2cc1C(=O)NC1CCC(N(C)c2cc(C(F)(F)F)nc(C(F)(F)F)c2)CC1. The maximum atomic E-state index is 13.2. The van der Waals surface area contributed by atoms with Gasteiger partial charge in [0, 0.05) is 30.4 Å². The number of nitrogens with one attached hydrogen (secondary N) is 2. The van der Waals surface area contributed by atoms with Crippen molar-refractivity contribution in [1.82, 2.24) is 20.3 Å². The highest BCUT2D eigenvalue weighted by Gasteiger charge is 2.39. The van der Waals surface area contributed by atoms with Crippen LogP contribution in [0.25, 0.3) is 11.0 Å². The van der Waals surface area contributed by atoms with E-state index in [9.17, 15) is 31.1 Å². The molecular formula is C23H23F6N5O. The molecule has 0 spiro atoms. The molecule has 0 aliphatic heterocycles. The number of amides is 1. The summed E-state index contributed by atoms with van der Waals surface area (Å²) in [6.07, 6.45) is -6.41. The number of H-pyrrole nitrogens is 1. The third kappa shape index (κ3) is 5.35. The van der Waals surface area contributed by atoms with Gasteiger partial charge in [0.25, 0.3) is 5.91 Å². The number of benzene rings is 1. The van der Waals surface area contributed by atoms with Crippen LogP contribution in [0.1, 0.15) is 53.0 Å². The summed E-state index contributed by atoms with van der Waals surface area (Å²) >= 11 is 0. The molecule has 0 saturated heterocycles. The zero-order valence-corrected chi connectivity index (χ0v) is 18.9. The molecule has 1 aliphatic carbocycles. The maximum Gasteiger partial charge on any atom is 0.433 e. The lowest BCUT2D eigenvalue weighted by Crippen LogP contribution is -2.43. The third-order valence-electron chi connectivity index (χ3n) is 6.39. The molecule has 188 valence electrons. The molecule has 0 radical (unpaired) electrons. The fourth-order valence-corrected chi connectivity index (χ4v) is 4.43. The summed E-state index contributed by atoms with van der Waals surface area (Å²) in [5.74, 6) is -0.247. The molecule has 1 aliphatic rings. The van der Waals surface area contributed by atoms with Crippen molar-refractivity contribution in [3.63, 3.8) is 0 Å². The molecule has 0 bridgehead atoms. The largest absolute Gasteiger partial charge is 0.433 e. The molecule has 0 unspecified atom stereocenters. The highest BCUT2D eigenvalue weighted by molar-refractivity contribution is 5.99. The monoisotopic (exact) mass is 499 g/mol. The number of anilines is 1. The van der Waals surface area contributed by atoms with E-state index < -0.39 is 23.7 Å². The van der Waals surface area contributed by atoms with Gasteiger partial charge in [0.15, 0.2) is 0 Å². The molecule has 3 aromatic rings. The van der Waals surface area contributed by atoms with Crippen LogP contribution in [-0.2, 0) is 12.4 Å². The van der Waals surface area contributed by atoms with Crippen molar-refractivity contribution in [2.45, 2.75) is 57.0 Å². The quantitative estimate of drug-likeness (QED) is 0.467. The Morgan fingerprint density at radius 1 is 1.00 bits per heavy atom. The molecular weight excluding hydrogens is 476 g/mol. The first kappa shape index (κ1) is 24.8. The number of pyridine rings is 1. The highest BCUT2D eigenvalue weighted by atomic mass is 19.4. The second kappa shape index (κ2) is 9.04. The number of carbonyl (C=O) groups is 1. The fourth-order valence-electron chi connectivity index (χ4n) is 4.43. The topological polar surface area (TPSA) is 73.9 Å². The van der Waals surface area contributed by atoms with E-state index in [-0.39, 0.29) is 23.7 Å². The van der Waals surface area contributed by atoms with Gasteiger partial charge in [0.05, 0.1) is 17.4 Å². The molecule has 4 rings (SSSR count). The predicted octanol–water partition coefficient (Wildman–Crippen LogP) is 5.48. The molecule has 2 heterocycles. The van der Waals surface area contributed by atoms with E-state index in [0.29, 0.717) is 48.9 Å². The minimum Gasteiger partial charge on any atom is -0.371 e. The van der Waals surface area contributed by atoms with Gasteiger partial charge in [-0.25, -0.2) is 9.97 Å². The van der Waals surface area contributed by atoms with Crippen LogP contribution >= 0.6 is 0 Å². The van der Waals surface area contributed by atoms with Crippen molar-refractivity contribution in [2.24, 2.45) is 0 Å². The minimum absolute atomic E-state index is 0.157. The summed E-state index contributed by atoms with van der Waals surface area (Å²) in [5, 5.41) is 2.99. The number of hydrogen-bond acceptors (Lipinski definition) is 4. The van der Waals surface area contributed by atoms with Gasteiger partial charge < -0.3 is 15.2 Å². The average Bonchev–Trinajstić information content (AvgIpc) is 3.24. The van der Waals surface area contributed by atoms with Crippen molar-refractivity contribution in [3.8, 4) is 0 Å². The lowest BCUT2D eigenvalue weighted by molar-refractivity contribution is -0.150. The van der Waals surface area contributed by atoms with Crippen LogP contribution in [-0.4, -0.2) is 40.0 Å². The van der Waals surface area contributed by atoms with Gasteiger partial charge in [-0.15, -0.1) is 0 Å². The van der Waals surface area contributed by atoms with Gasteiger partial charge in [-0.3, -0.25) is 4.79 Å². The minimum atomic E-state index is -5.00. The van der Waals surface area contributed by atoms with E-state index in [1.807, 2.05) is 13.0 Å². The second-order valence-electron chi connectivity index (χ2n) is 8.77. The molecule has 0 atom stereocenters. The van der Waals surface area contributed by atoms with E-state index in [1.54, 1.807) is 12.4 Å². The van der Waals surface area contributed by atoms with Crippen LogP contribution in [0, 0.1) is 6.92 Å². The fraction of sp³-hybridized carbons (Fsp3) is 0.435. The lowest BCUT2D eigenvalue weighted by atomic mass is 9.89. The first-order chi connectivity index (χ1) is 16.3. The lowest BCUT2D eigenvalue weighted by Gasteiger charge is -2.36. The Morgan fingerprint density at radius 2 is 1.60 bits per heavy atom. The molecule has 1 fully saturated rings. The molecule has 1 amide bonds. The van der Waals surface area contributed by atoms with Gasteiger partial charge in [-0.05, 0) is 62.4 Å². The number of fused-ring (bicyclic) bond motifs is 1. The van der Waals surface area contributed by atoms with E-state index in [4.69, 9.17) is 0 Å². The van der Waals surface area contributed by atoms with Gasteiger partial charge in [-0.1, -0.05) is 0 Å². The second-order valence-corrected chi connectivity index (χ2v) is 8.77. The van der Waals surface area contributed by atoms with Crippen LogP contribution < -0.4 is 10.2 Å². The molecule has 1 aromatic carbocycles. The van der Waals surface area contributed by atoms with Crippen molar-refractivity contribution < 1.29 is 31.1 Å². The molecule has 2 N–H and O–H groups in total. The van der Waals surface area contributed by atoms with Crippen LogP contribution in [0.4, 0.5) is 32.0 Å². The number of alkyl halides is 6. The summed E-state index contributed by atoms with van der Waals surface area (Å²) in [6, 6.07) is 4.37. The van der Waals surface area contributed by atoms with E-state index in [0.717, 1.165) is 11.1 Å². The van der Waals surface area contributed by atoms with Gasteiger partial charge in [0.2, 0.25) is 0 Å². The zero-order valence-electron chi connectivity index (χ0n) is 18.9. The normalized spacial score (nSPS) is 19.1. The van der Waals surface area contributed by atoms with Gasteiger partial charge in [-0.2, -0.15) is 26.3 Å². The molecule has 1 saturated carbocycles. The van der Waals surface area contributed by atoms with E-state index in [1.165, 1.54) is 11.9 Å². The Hall–Kier alpha value is -3.31. The summed E-state index contributed by atoms with van der Waals surface area (Å²) in [6.45, 7) is 1.82. The van der Waals surface area contributed by atoms with Crippen molar-refractivity contribution >= 4 is 22.6 Å². The summed E-state index contributed by atoms with van der Waals surface area (Å²) in [5.41, 5.74) is -0.596. The van der Waals surface area contributed by atoms with Crippen LogP contribution in [0.2, 0.25) is 0 Å². The van der Waals surface area contributed by atoms with Crippen molar-refractivity contribution in [1.29, 1.82) is 0 Å². The number of aromatic nitrogens is 3. The molecule has 12 heteroatoms. The van der Waals surface area contributed by atoms with E-state index >= 15 is 0 Å². The van der Waals surface area contributed by atoms with Crippen LogP contribution in [0.15, 0.2) is 30.6 Å². The zero-order chi connectivity index (χ0) is 25.5. The number of aryl methyl sites for hydroxylation is 1. The third-order valence-corrected chi connectivity index (χ3v) is 6.39. The Balaban J connectivity index is 1.43. The number of nitrogens with zero attached hydrogens (tertiary/aromatic N) is 3. The average molecular weight is 499 g/mol. The smallest absolute Gasteiger partial charge is 0.371 e. The van der Waals surface area contributed by atoms with Crippen molar-refractivity contribution in [2.75, 3.05) is 11.9 Å².